The van der Waals surface area contributed by atoms with Crippen LogP contribution in [0.15, 0.2) is 89.8 Å². The van der Waals surface area contributed by atoms with Crippen molar-refractivity contribution in [2.45, 2.75) is 18.4 Å². The van der Waals surface area contributed by atoms with E-state index in [0.29, 0.717) is 28.0 Å². The normalized spacial score (nSPS) is 11.4. The average molecular weight is 513 g/mol. The number of aromatic nitrogens is 2. The molecule has 1 amide bonds. The van der Waals surface area contributed by atoms with Crippen molar-refractivity contribution in [2.24, 2.45) is 0 Å². The molecule has 1 N–H and O–H groups in total. The maximum Gasteiger partial charge on any atom is 1.00 e. The second-order valence-corrected chi connectivity index (χ2v) is 10.0. The summed E-state index contributed by atoms with van der Waals surface area (Å²) in [5, 5.41) is 1.96. The van der Waals surface area contributed by atoms with E-state index in [1.54, 1.807) is 36.4 Å². The number of rotatable bonds is 5. The third-order valence-corrected chi connectivity index (χ3v) is 7.51. The minimum Gasteiger partial charge on any atom is -0.324 e. The molecule has 170 valence electrons. The topological polar surface area (TPSA) is 81.1 Å². The third-order valence-electron chi connectivity index (χ3n) is 5.75. The number of halogens is 1. The zero-order valence-corrected chi connectivity index (χ0v) is 22.8. The van der Waals surface area contributed by atoms with Gasteiger partial charge in [-0.15, -0.1) is 0 Å². The fraction of sp³-hybridized carbons (Fsp3) is 0.0769. The van der Waals surface area contributed by atoms with Gasteiger partial charge in [0.25, 0.3) is 15.9 Å². The van der Waals surface area contributed by atoms with Crippen LogP contribution >= 0.6 is 11.6 Å². The summed E-state index contributed by atoms with van der Waals surface area (Å²) in [7, 11) is -4.09. The van der Waals surface area contributed by atoms with E-state index in [9.17, 15) is 13.2 Å². The summed E-state index contributed by atoms with van der Waals surface area (Å²) < 4.78 is 30.3. The molecule has 0 aliphatic rings. The van der Waals surface area contributed by atoms with Crippen LogP contribution in [0.25, 0.3) is 21.8 Å². The molecule has 0 spiro atoms. The van der Waals surface area contributed by atoms with E-state index in [1.807, 2.05) is 54.0 Å². The largest absolute Gasteiger partial charge is 1.00 e. The third kappa shape index (κ3) is 5.01. The number of amides is 1. The van der Waals surface area contributed by atoms with Crippen molar-refractivity contribution in [3.05, 3.63) is 107 Å². The smallest absolute Gasteiger partial charge is 0.324 e. The predicted molar refractivity (Wildman–Crippen MR) is 134 cm³/mol. The van der Waals surface area contributed by atoms with Crippen LogP contribution in [0.5, 0.6) is 0 Å². The molecule has 4 aromatic carbocycles. The van der Waals surface area contributed by atoms with E-state index in [0.717, 1.165) is 16.8 Å². The Balaban J connectivity index is 0.00000289. The Hall–Kier alpha value is -2.68. The van der Waals surface area contributed by atoms with Crippen LogP contribution in [0.4, 0.5) is 0 Å². The fourth-order valence-electron chi connectivity index (χ4n) is 4.05. The molecule has 1 heterocycles. The zero-order valence-electron chi connectivity index (χ0n) is 19.2. The molecule has 35 heavy (non-hydrogen) atoms. The van der Waals surface area contributed by atoms with Crippen molar-refractivity contribution < 1.29 is 42.8 Å². The van der Waals surface area contributed by atoms with Gasteiger partial charge in [-0.25, -0.2) is 18.1 Å². The van der Waals surface area contributed by atoms with Crippen molar-refractivity contribution in [1.29, 1.82) is 0 Å². The van der Waals surface area contributed by atoms with Crippen LogP contribution < -0.4 is 34.3 Å². The van der Waals surface area contributed by atoms with Crippen LogP contribution in [0.3, 0.4) is 0 Å². The van der Waals surface area contributed by atoms with Crippen molar-refractivity contribution in [3.63, 3.8) is 0 Å². The van der Waals surface area contributed by atoms with Crippen LogP contribution in [0.1, 0.15) is 21.7 Å². The van der Waals surface area contributed by atoms with Gasteiger partial charge in [-0.1, -0.05) is 66.2 Å². The van der Waals surface area contributed by atoms with Gasteiger partial charge in [-0.3, -0.25) is 4.79 Å². The molecule has 0 bridgehead atoms. The Bertz CT molecular complexity index is 1680. The molecular formula is C26H20ClN3NaO3S+. The number of benzene rings is 4. The standard InChI is InChI=1S/C26H20ClN3O3S.Na/c1-17-28-23-14-13-19(15-24(23)30(17)16-20-8-3-5-11-22(20)27)26(31)29-34(32,33)25-12-6-9-18-7-2-4-10-21(18)25;/h2-15H,16H2,1H3,(H,29,31);/q;+1. The van der Waals surface area contributed by atoms with Crippen LogP contribution in [-0.4, -0.2) is 23.9 Å². The second kappa shape index (κ2) is 10.1. The molecule has 0 atom stereocenters. The van der Waals surface area contributed by atoms with Gasteiger partial charge >= 0.3 is 29.6 Å². The monoisotopic (exact) mass is 512 g/mol. The number of imidazole rings is 1. The van der Waals surface area contributed by atoms with Crippen molar-refractivity contribution >= 4 is 49.3 Å². The maximum absolute atomic E-state index is 13.1. The summed E-state index contributed by atoms with van der Waals surface area (Å²) >= 11 is 6.33. The SMILES string of the molecule is Cc1nc2ccc(C(=O)NS(=O)(=O)c3cccc4ccccc34)cc2n1Cc1ccccc1Cl.[Na+]. The molecule has 6 nitrogen and oxygen atoms in total. The van der Waals surface area contributed by atoms with Gasteiger partial charge in [0.05, 0.1) is 22.5 Å². The number of fused-ring (bicyclic) bond motifs is 2. The fourth-order valence-corrected chi connectivity index (χ4v) is 5.45. The quantitative estimate of drug-likeness (QED) is 0.366. The Labute approximate surface area is 230 Å². The molecule has 9 heteroatoms. The first-order valence-corrected chi connectivity index (χ1v) is 12.4. The summed E-state index contributed by atoms with van der Waals surface area (Å²) in [6.07, 6.45) is 0. The van der Waals surface area contributed by atoms with Gasteiger partial charge in [0, 0.05) is 16.0 Å². The summed E-state index contributed by atoms with van der Waals surface area (Å²) in [5.41, 5.74) is 2.56. The zero-order chi connectivity index (χ0) is 23.9. The molecular weight excluding hydrogens is 493 g/mol. The van der Waals surface area contributed by atoms with Crippen molar-refractivity contribution in [2.75, 3.05) is 0 Å². The van der Waals surface area contributed by atoms with E-state index < -0.39 is 15.9 Å². The number of aryl methyl sites for hydroxylation is 1. The summed E-state index contributed by atoms with van der Waals surface area (Å²) in [6, 6.07) is 24.6. The molecule has 1 aromatic heterocycles. The average Bonchev–Trinajstić information content (AvgIpc) is 3.14. The van der Waals surface area contributed by atoms with Crippen LogP contribution in [0, 0.1) is 6.92 Å². The van der Waals surface area contributed by atoms with E-state index >= 15 is 0 Å². The van der Waals surface area contributed by atoms with Crippen molar-refractivity contribution in [3.8, 4) is 0 Å². The summed E-state index contributed by atoms with van der Waals surface area (Å²) in [4.78, 5) is 17.6. The first-order chi connectivity index (χ1) is 16.3. The number of sulfonamides is 1. The van der Waals surface area contributed by atoms with Gasteiger partial charge < -0.3 is 4.57 Å². The summed E-state index contributed by atoms with van der Waals surface area (Å²) in [5.74, 6) is 0.0498. The molecule has 5 aromatic rings. The molecule has 0 radical (unpaired) electrons. The predicted octanol–water partition coefficient (Wildman–Crippen LogP) is 2.32. The minimum absolute atomic E-state index is 0. The van der Waals surface area contributed by atoms with E-state index in [2.05, 4.69) is 9.71 Å². The number of carbonyl (C=O) groups excluding carboxylic acids is 1. The van der Waals surface area contributed by atoms with Crippen LogP contribution in [0.2, 0.25) is 5.02 Å². The summed E-state index contributed by atoms with van der Waals surface area (Å²) in [6.45, 7) is 2.35. The van der Waals surface area contributed by atoms with Gasteiger partial charge in [-0.05, 0) is 48.2 Å². The van der Waals surface area contributed by atoms with Gasteiger partial charge in [0.2, 0.25) is 0 Å². The van der Waals surface area contributed by atoms with Gasteiger partial charge in [0.1, 0.15) is 5.82 Å². The molecule has 0 aliphatic carbocycles. The first-order valence-electron chi connectivity index (χ1n) is 10.6. The van der Waals surface area contributed by atoms with E-state index in [4.69, 9.17) is 11.6 Å². The molecule has 0 aliphatic heterocycles. The van der Waals surface area contributed by atoms with Crippen molar-refractivity contribution in [1.82, 2.24) is 14.3 Å². The number of hydrogen-bond acceptors (Lipinski definition) is 4. The Morgan fingerprint density at radius 2 is 1.69 bits per heavy atom. The second-order valence-electron chi connectivity index (χ2n) is 7.95. The molecule has 0 saturated carbocycles. The number of nitrogens with zero attached hydrogens (tertiary/aromatic N) is 2. The van der Waals surface area contributed by atoms with Gasteiger partial charge in [0.15, 0.2) is 0 Å². The Morgan fingerprint density at radius 1 is 0.971 bits per heavy atom. The molecule has 5 rings (SSSR count). The number of hydrogen-bond donors (Lipinski definition) is 1. The molecule has 0 unspecified atom stereocenters. The maximum atomic E-state index is 13.1. The van der Waals surface area contributed by atoms with E-state index in [1.165, 1.54) is 6.07 Å². The first kappa shape index (κ1) is 25.4. The van der Waals surface area contributed by atoms with E-state index in [-0.39, 0.29) is 40.0 Å². The number of nitrogens with one attached hydrogen (secondary N) is 1. The molecule has 0 fully saturated rings. The Kier molecular flexibility index (Phi) is 7.35. The Morgan fingerprint density at radius 3 is 2.49 bits per heavy atom. The van der Waals surface area contributed by atoms with Crippen LogP contribution in [-0.2, 0) is 16.6 Å². The van der Waals surface area contributed by atoms with Gasteiger partial charge in [-0.2, -0.15) is 0 Å². The number of carbonyl (C=O) groups is 1. The molecule has 0 saturated heterocycles. The minimum atomic E-state index is -4.09.